The van der Waals surface area contributed by atoms with Crippen molar-refractivity contribution in [3.05, 3.63) is 30.5 Å². The summed E-state index contributed by atoms with van der Waals surface area (Å²) < 4.78 is 9.03. The largest absolute Gasteiger partial charge is 0.364 e. The minimum Gasteiger partial charge on any atom is -0.364 e. The molecular weight excluding hydrogens is 174 g/mol. The van der Waals surface area contributed by atoms with Gasteiger partial charge < -0.3 is 14.4 Å². The zero-order valence-electron chi connectivity index (χ0n) is 6.43. The van der Waals surface area contributed by atoms with Gasteiger partial charge >= 0.3 is 0 Å². The Labute approximate surface area is 72.5 Å². The summed E-state index contributed by atoms with van der Waals surface area (Å²) in [6.07, 6.45) is 4.03. The van der Waals surface area contributed by atoms with Crippen LogP contribution < -0.4 is 5.32 Å². The maximum Gasteiger partial charge on any atom is 0.277 e. The third-order valence-corrected chi connectivity index (χ3v) is 1.36. The number of hydrogen-bond donors (Lipinski definition) is 1. The molecule has 0 atom stereocenters. The quantitative estimate of drug-likeness (QED) is 0.741. The zero-order chi connectivity index (χ0) is 9.10. The van der Waals surface area contributed by atoms with E-state index in [1.54, 1.807) is 0 Å². The van der Waals surface area contributed by atoms with Crippen LogP contribution in [0.1, 0.15) is 10.5 Å². The van der Waals surface area contributed by atoms with E-state index in [0.717, 1.165) is 0 Å². The van der Waals surface area contributed by atoms with Gasteiger partial charge in [-0.1, -0.05) is 10.3 Å². The first-order valence-corrected chi connectivity index (χ1v) is 3.47. The van der Waals surface area contributed by atoms with Crippen molar-refractivity contribution in [2.24, 2.45) is 0 Å². The average Bonchev–Trinajstić information content (AvgIpc) is 2.74. The van der Waals surface area contributed by atoms with E-state index in [4.69, 9.17) is 0 Å². The van der Waals surface area contributed by atoms with Gasteiger partial charge in [-0.15, -0.1) is 0 Å². The van der Waals surface area contributed by atoms with Crippen LogP contribution in [0, 0.1) is 0 Å². The van der Waals surface area contributed by atoms with Crippen molar-refractivity contribution in [2.45, 2.75) is 0 Å². The van der Waals surface area contributed by atoms with Crippen LogP contribution in [0.3, 0.4) is 0 Å². The Hall–Kier alpha value is -2.11. The van der Waals surface area contributed by atoms with Crippen LogP contribution in [0.15, 0.2) is 33.8 Å². The van der Waals surface area contributed by atoms with E-state index in [2.05, 4.69) is 24.7 Å². The molecule has 0 aromatic carbocycles. The lowest BCUT2D eigenvalue weighted by Crippen LogP contribution is -2.11. The van der Waals surface area contributed by atoms with Gasteiger partial charge in [-0.05, 0) is 0 Å². The summed E-state index contributed by atoms with van der Waals surface area (Å²) >= 11 is 0. The maximum atomic E-state index is 11.3. The molecule has 0 unspecified atom stereocenters. The summed E-state index contributed by atoms with van der Waals surface area (Å²) in [5.74, 6) is -0.364. The summed E-state index contributed by atoms with van der Waals surface area (Å²) in [5, 5.41) is 9.39. The molecule has 0 aliphatic carbocycles. The van der Waals surface area contributed by atoms with E-state index in [-0.39, 0.29) is 11.6 Å². The summed E-state index contributed by atoms with van der Waals surface area (Å²) in [5.41, 5.74) is 0.689. The number of carbonyl (C=O) groups is 1. The third kappa shape index (κ3) is 1.56. The average molecular weight is 179 g/mol. The molecule has 66 valence electrons. The van der Waals surface area contributed by atoms with Crippen molar-refractivity contribution < 1.29 is 13.8 Å². The van der Waals surface area contributed by atoms with Crippen LogP contribution >= 0.6 is 0 Å². The molecule has 2 heterocycles. The van der Waals surface area contributed by atoms with Crippen LogP contribution in [0.25, 0.3) is 0 Å². The predicted octanol–water partition coefficient (Wildman–Crippen LogP) is 0.915. The van der Waals surface area contributed by atoms with Crippen LogP contribution in [0.2, 0.25) is 0 Å². The van der Waals surface area contributed by atoms with Gasteiger partial charge in [-0.3, -0.25) is 4.79 Å². The lowest BCUT2D eigenvalue weighted by atomic mass is 10.4. The number of hydrogen-bond acceptors (Lipinski definition) is 5. The highest BCUT2D eigenvalue weighted by molar-refractivity contribution is 6.02. The first-order chi connectivity index (χ1) is 6.36. The maximum absolute atomic E-state index is 11.3. The van der Waals surface area contributed by atoms with E-state index in [0.29, 0.717) is 5.69 Å². The molecule has 0 spiro atoms. The smallest absolute Gasteiger partial charge is 0.277 e. The van der Waals surface area contributed by atoms with Crippen LogP contribution in [0.5, 0.6) is 0 Å². The van der Waals surface area contributed by atoms with E-state index < -0.39 is 0 Å². The second-order valence-electron chi connectivity index (χ2n) is 2.25. The zero-order valence-corrected chi connectivity index (χ0v) is 6.43. The molecule has 6 nitrogen and oxygen atoms in total. The molecule has 6 heteroatoms. The van der Waals surface area contributed by atoms with Crippen molar-refractivity contribution >= 4 is 11.6 Å². The number of amides is 1. The number of nitrogens with zero attached hydrogens (tertiary/aromatic N) is 2. The highest BCUT2D eigenvalue weighted by Crippen LogP contribution is 2.05. The SMILES string of the molecule is O=C(Nc1cnoc1)c1ccon1. The Morgan fingerprint density at radius 1 is 1.46 bits per heavy atom. The molecule has 2 aromatic heterocycles. The molecule has 1 N–H and O–H groups in total. The van der Waals surface area contributed by atoms with E-state index in [9.17, 15) is 4.79 Å². The third-order valence-electron chi connectivity index (χ3n) is 1.36. The van der Waals surface area contributed by atoms with Gasteiger partial charge in [0.2, 0.25) is 0 Å². The number of rotatable bonds is 2. The Bertz CT molecular complexity index is 379. The minimum atomic E-state index is -0.364. The fourth-order valence-electron chi connectivity index (χ4n) is 0.791. The Morgan fingerprint density at radius 2 is 2.38 bits per heavy atom. The first kappa shape index (κ1) is 7.53. The molecule has 13 heavy (non-hydrogen) atoms. The second kappa shape index (κ2) is 3.10. The number of nitrogens with one attached hydrogen (secondary N) is 1. The van der Waals surface area contributed by atoms with Gasteiger partial charge in [-0.2, -0.15) is 0 Å². The van der Waals surface area contributed by atoms with Gasteiger partial charge in [0, 0.05) is 6.07 Å². The number of aromatic nitrogens is 2. The van der Waals surface area contributed by atoms with Gasteiger partial charge in [0.25, 0.3) is 5.91 Å². The molecule has 0 saturated heterocycles. The van der Waals surface area contributed by atoms with Crippen molar-refractivity contribution in [3.63, 3.8) is 0 Å². The van der Waals surface area contributed by atoms with Crippen LogP contribution in [0.4, 0.5) is 5.69 Å². The van der Waals surface area contributed by atoms with Crippen LogP contribution in [-0.4, -0.2) is 16.2 Å². The normalized spacial score (nSPS) is 9.85. The Balaban J connectivity index is 2.08. The van der Waals surface area contributed by atoms with Crippen LogP contribution in [-0.2, 0) is 0 Å². The molecule has 0 bridgehead atoms. The number of anilines is 1. The highest BCUT2D eigenvalue weighted by Gasteiger charge is 2.09. The van der Waals surface area contributed by atoms with Crippen molar-refractivity contribution in [1.29, 1.82) is 0 Å². The van der Waals surface area contributed by atoms with Crippen molar-refractivity contribution in [2.75, 3.05) is 5.32 Å². The molecule has 0 radical (unpaired) electrons. The molecule has 2 rings (SSSR count). The molecule has 0 aliphatic rings. The molecule has 1 amide bonds. The van der Waals surface area contributed by atoms with Gasteiger partial charge in [-0.25, -0.2) is 0 Å². The van der Waals surface area contributed by atoms with Gasteiger partial charge in [0.05, 0.1) is 6.20 Å². The Morgan fingerprint density at radius 3 is 3.00 bits per heavy atom. The molecule has 0 fully saturated rings. The molecular formula is C7H5N3O3. The predicted molar refractivity (Wildman–Crippen MR) is 41.0 cm³/mol. The van der Waals surface area contributed by atoms with Gasteiger partial charge in [0.15, 0.2) is 5.69 Å². The lowest BCUT2D eigenvalue weighted by molar-refractivity contribution is 0.101. The molecule has 0 aliphatic heterocycles. The van der Waals surface area contributed by atoms with E-state index in [1.165, 1.54) is 24.8 Å². The molecule has 2 aromatic rings. The summed E-state index contributed by atoms with van der Waals surface area (Å²) in [6, 6.07) is 1.46. The Kier molecular flexibility index (Phi) is 1.79. The summed E-state index contributed by atoms with van der Waals surface area (Å²) in [4.78, 5) is 11.3. The molecule has 0 saturated carbocycles. The minimum absolute atomic E-state index is 0.209. The summed E-state index contributed by atoms with van der Waals surface area (Å²) in [7, 11) is 0. The fraction of sp³-hybridized carbons (Fsp3) is 0. The second-order valence-corrected chi connectivity index (χ2v) is 2.25. The van der Waals surface area contributed by atoms with Gasteiger partial charge in [0.1, 0.15) is 18.2 Å². The highest BCUT2D eigenvalue weighted by atomic mass is 16.5. The number of carbonyl (C=O) groups excluding carboxylic acids is 1. The van der Waals surface area contributed by atoms with Crippen molar-refractivity contribution in [1.82, 2.24) is 10.3 Å². The standard InChI is InChI=1S/C7H5N3O3/c11-7(6-1-2-12-10-6)9-5-3-8-13-4-5/h1-4H,(H,9,11). The topological polar surface area (TPSA) is 81.2 Å². The summed E-state index contributed by atoms with van der Waals surface area (Å²) in [6.45, 7) is 0. The van der Waals surface area contributed by atoms with E-state index in [1.807, 2.05) is 0 Å². The monoisotopic (exact) mass is 179 g/mol. The van der Waals surface area contributed by atoms with Crippen molar-refractivity contribution in [3.8, 4) is 0 Å². The first-order valence-electron chi connectivity index (χ1n) is 3.47. The fourth-order valence-corrected chi connectivity index (χ4v) is 0.791. The van der Waals surface area contributed by atoms with E-state index >= 15 is 0 Å². The lowest BCUT2D eigenvalue weighted by Gasteiger charge is -1.94.